The van der Waals surface area contributed by atoms with E-state index in [1.807, 2.05) is 60.0 Å². The lowest BCUT2D eigenvalue weighted by Gasteiger charge is -2.38. The van der Waals surface area contributed by atoms with Gasteiger partial charge in [0.1, 0.15) is 0 Å². The van der Waals surface area contributed by atoms with Crippen LogP contribution in [0.4, 0.5) is 11.4 Å². The first kappa shape index (κ1) is 28.7. The minimum atomic E-state index is -3.81. The summed E-state index contributed by atoms with van der Waals surface area (Å²) in [4.78, 5) is 33.1. The lowest BCUT2D eigenvalue weighted by Crippen LogP contribution is -2.50. The van der Waals surface area contributed by atoms with Gasteiger partial charge in [-0.25, -0.2) is 8.42 Å². The summed E-state index contributed by atoms with van der Waals surface area (Å²) in [6.45, 7) is 7.62. The van der Waals surface area contributed by atoms with Gasteiger partial charge in [0.15, 0.2) is 0 Å². The summed E-state index contributed by atoms with van der Waals surface area (Å²) in [5, 5.41) is 0. The van der Waals surface area contributed by atoms with Gasteiger partial charge in [-0.05, 0) is 62.1 Å². The highest BCUT2D eigenvalue weighted by Gasteiger charge is 2.30. The Balaban J connectivity index is 1.36. The number of nitrogens with zero attached hydrogens (tertiary/aromatic N) is 3. The van der Waals surface area contributed by atoms with E-state index in [-0.39, 0.29) is 22.6 Å². The lowest BCUT2D eigenvalue weighted by atomic mass is 9.94. The Morgan fingerprint density at radius 3 is 2.12 bits per heavy atom. The Kier molecular flexibility index (Phi) is 8.63. The maximum Gasteiger partial charge on any atom is 0.261 e. The normalized spacial score (nSPS) is 16.5. The molecule has 0 aromatic heterocycles. The molecule has 0 saturated carbocycles. The number of piperazine rings is 1. The summed E-state index contributed by atoms with van der Waals surface area (Å²) >= 11 is 0. The number of hydrogen-bond donors (Lipinski definition) is 1. The molecule has 2 fully saturated rings. The molecule has 8 nitrogen and oxygen atoms in total. The van der Waals surface area contributed by atoms with Crippen molar-refractivity contribution < 1.29 is 18.0 Å². The van der Waals surface area contributed by atoms with E-state index in [2.05, 4.69) is 9.62 Å². The van der Waals surface area contributed by atoms with Crippen LogP contribution in [0.1, 0.15) is 53.6 Å². The molecular formula is C32H38N4O4S. The maximum atomic E-state index is 13.7. The van der Waals surface area contributed by atoms with Crippen LogP contribution in [0.2, 0.25) is 0 Å². The predicted octanol–water partition coefficient (Wildman–Crippen LogP) is 4.87. The number of aryl methyl sites for hydroxylation is 1. The van der Waals surface area contributed by atoms with Crippen molar-refractivity contribution in [2.45, 2.75) is 43.9 Å². The van der Waals surface area contributed by atoms with Crippen LogP contribution in [0.3, 0.4) is 0 Å². The molecule has 2 amide bonds. The molecule has 1 unspecified atom stereocenters. The van der Waals surface area contributed by atoms with Crippen molar-refractivity contribution >= 4 is 33.2 Å². The molecule has 2 saturated heterocycles. The number of rotatable bonds is 8. The predicted molar refractivity (Wildman–Crippen MR) is 162 cm³/mol. The van der Waals surface area contributed by atoms with Crippen molar-refractivity contribution in [2.75, 3.05) is 48.9 Å². The summed E-state index contributed by atoms with van der Waals surface area (Å²) in [6.07, 6.45) is 2.65. The molecule has 2 aliphatic rings. The van der Waals surface area contributed by atoms with E-state index in [0.29, 0.717) is 50.5 Å². The molecule has 216 valence electrons. The summed E-state index contributed by atoms with van der Waals surface area (Å²) in [6, 6.07) is 21.8. The van der Waals surface area contributed by atoms with E-state index in [1.165, 1.54) is 0 Å². The summed E-state index contributed by atoms with van der Waals surface area (Å²) in [5.41, 5.74) is 3.59. The molecule has 3 aromatic rings. The third-order valence-corrected chi connectivity index (χ3v) is 9.44. The van der Waals surface area contributed by atoms with Gasteiger partial charge >= 0.3 is 0 Å². The van der Waals surface area contributed by atoms with Crippen LogP contribution in [-0.4, -0.2) is 69.3 Å². The van der Waals surface area contributed by atoms with Crippen molar-refractivity contribution in [3.8, 4) is 0 Å². The SMILES string of the molecule is CCC(C(=O)N1CCN(c2ccc(NS(=O)(=O)c3ccc(C)cc3)cc2C(=O)N2CCCC2)CC1)c1ccccc1. The van der Waals surface area contributed by atoms with Crippen LogP contribution in [0.15, 0.2) is 77.7 Å². The number of carbonyl (C=O) groups is 2. The molecule has 5 rings (SSSR count). The van der Waals surface area contributed by atoms with Gasteiger partial charge in [-0.15, -0.1) is 0 Å². The second-order valence-electron chi connectivity index (χ2n) is 10.8. The number of likely N-dealkylation sites (tertiary alicyclic amines) is 1. The molecule has 0 spiro atoms. The first-order chi connectivity index (χ1) is 19.8. The first-order valence-electron chi connectivity index (χ1n) is 14.4. The molecule has 3 aromatic carbocycles. The van der Waals surface area contributed by atoms with Gasteiger partial charge in [0, 0.05) is 50.6 Å². The molecule has 0 aliphatic carbocycles. The van der Waals surface area contributed by atoms with Crippen molar-refractivity contribution in [3.05, 3.63) is 89.5 Å². The first-order valence-corrected chi connectivity index (χ1v) is 15.9. The molecule has 9 heteroatoms. The van der Waals surface area contributed by atoms with Crippen molar-refractivity contribution in [2.24, 2.45) is 0 Å². The second-order valence-corrected chi connectivity index (χ2v) is 12.5. The molecule has 1 atom stereocenters. The maximum absolute atomic E-state index is 13.7. The third kappa shape index (κ3) is 6.40. The van der Waals surface area contributed by atoms with Gasteiger partial charge in [-0.1, -0.05) is 55.0 Å². The van der Waals surface area contributed by atoms with Crippen LogP contribution in [0, 0.1) is 6.92 Å². The third-order valence-electron chi connectivity index (χ3n) is 8.04. The van der Waals surface area contributed by atoms with Gasteiger partial charge in [0.25, 0.3) is 15.9 Å². The van der Waals surface area contributed by atoms with Gasteiger partial charge in [-0.2, -0.15) is 0 Å². The molecule has 2 heterocycles. The lowest BCUT2D eigenvalue weighted by molar-refractivity contribution is -0.133. The molecular weight excluding hydrogens is 536 g/mol. The van der Waals surface area contributed by atoms with E-state index < -0.39 is 10.0 Å². The zero-order chi connectivity index (χ0) is 29.0. The largest absolute Gasteiger partial charge is 0.367 e. The highest BCUT2D eigenvalue weighted by molar-refractivity contribution is 7.92. The highest BCUT2D eigenvalue weighted by atomic mass is 32.2. The number of benzene rings is 3. The number of amides is 2. The second kappa shape index (κ2) is 12.3. The van der Waals surface area contributed by atoms with Crippen LogP contribution < -0.4 is 9.62 Å². The van der Waals surface area contributed by atoms with Gasteiger partial charge < -0.3 is 14.7 Å². The van der Waals surface area contributed by atoms with Crippen LogP contribution in [-0.2, 0) is 14.8 Å². The topological polar surface area (TPSA) is 90.0 Å². The number of sulfonamides is 1. The molecule has 41 heavy (non-hydrogen) atoms. The van der Waals surface area contributed by atoms with Crippen molar-refractivity contribution in [1.29, 1.82) is 0 Å². The summed E-state index contributed by atoms with van der Waals surface area (Å²) in [7, 11) is -3.81. The Labute approximate surface area is 243 Å². The smallest absolute Gasteiger partial charge is 0.261 e. The fraction of sp³-hybridized carbons (Fsp3) is 0.375. The van der Waals surface area contributed by atoms with Crippen LogP contribution in [0.25, 0.3) is 0 Å². The number of carbonyl (C=O) groups excluding carboxylic acids is 2. The number of nitrogens with one attached hydrogen (secondary N) is 1. The monoisotopic (exact) mass is 574 g/mol. The number of hydrogen-bond acceptors (Lipinski definition) is 5. The zero-order valence-corrected chi connectivity index (χ0v) is 24.6. The van der Waals surface area contributed by atoms with Crippen LogP contribution in [0.5, 0.6) is 0 Å². The fourth-order valence-electron chi connectivity index (χ4n) is 5.70. The highest BCUT2D eigenvalue weighted by Crippen LogP contribution is 2.30. The van der Waals surface area contributed by atoms with E-state index >= 15 is 0 Å². The average molecular weight is 575 g/mol. The molecule has 2 aliphatic heterocycles. The van der Waals surface area contributed by atoms with Crippen molar-refractivity contribution in [1.82, 2.24) is 9.80 Å². The minimum absolute atomic E-state index is 0.0949. The van der Waals surface area contributed by atoms with Crippen LogP contribution >= 0.6 is 0 Å². The average Bonchev–Trinajstić information content (AvgIpc) is 3.53. The summed E-state index contributed by atoms with van der Waals surface area (Å²) in [5.74, 6) is -0.133. The van der Waals surface area contributed by atoms with Crippen molar-refractivity contribution in [3.63, 3.8) is 0 Å². The van der Waals surface area contributed by atoms with Gasteiger partial charge in [0.2, 0.25) is 5.91 Å². The van der Waals surface area contributed by atoms with E-state index in [4.69, 9.17) is 0 Å². The van der Waals surface area contributed by atoms with E-state index in [9.17, 15) is 18.0 Å². The Morgan fingerprint density at radius 1 is 0.829 bits per heavy atom. The fourth-order valence-corrected chi connectivity index (χ4v) is 6.74. The molecule has 1 N–H and O–H groups in total. The Bertz CT molecular complexity index is 1480. The molecule has 0 radical (unpaired) electrons. The number of anilines is 2. The Morgan fingerprint density at radius 2 is 1.49 bits per heavy atom. The van der Waals surface area contributed by atoms with Gasteiger partial charge in [-0.3, -0.25) is 14.3 Å². The Hall–Kier alpha value is -3.85. The minimum Gasteiger partial charge on any atom is -0.367 e. The zero-order valence-electron chi connectivity index (χ0n) is 23.8. The van der Waals surface area contributed by atoms with E-state index in [0.717, 1.165) is 36.1 Å². The van der Waals surface area contributed by atoms with Gasteiger partial charge in [0.05, 0.1) is 16.4 Å². The summed E-state index contributed by atoms with van der Waals surface area (Å²) < 4.78 is 28.8. The quantitative estimate of drug-likeness (QED) is 0.415. The van der Waals surface area contributed by atoms with E-state index in [1.54, 1.807) is 36.4 Å². The molecule has 0 bridgehead atoms. The standard InChI is InChI=1S/C32H38N4O4S/c1-3-28(25-9-5-4-6-10-25)31(37)36-21-19-34(20-22-36)30-16-13-26(23-29(30)32(38)35-17-7-8-18-35)33-41(39,40)27-14-11-24(2)12-15-27/h4-6,9-16,23,28,33H,3,7-8,17-22H2,1-2H3.